The molecule has 0 aliphatic heterocycles. The van der Waals surface area contributed by atoms with Crippen molar-refractivity contribution in [1.82, 2.24) is 0 Å². The van der Waals surface area contributed by atoms with Crippen LogP contribution in [-0.4, -0.2) is 16.7 Å². The van der Waals surface area contributed by atoms with E-state index in [9.17, 15) is 9.59 Å². The molecule has 0 spiro atoms. The van der Waals surface area contributed by atoms with Crippen LogP contribution in [0.5, 0.6) is 0 Å². The van der Waals surface area contributed by atoms with Gasteiger partial charge in [-0.25, -0.2) is 4.79 Å². The lowest BCUT2D eigenvalue weighted by Gasteiger charge is -2.01. The van der Waals surface area contributed by atoms with Gasteiger partial charge in [0, 0.05) is 5.39 Å². The number of ketones is 1. The maximum Gasteiger partial charge on any atom is 0.347 e. The normalized spacial score (nSPS) is 11.1. The maximum atomic E-state index is 11.9. The number of halogens is 1. The fourth-order valence-electron chi connectivity index (χ4n) is 1.51. The van der Waals surface area contributed by atoms with Crippen molar-refractivity contribution < 1.29 is 9.21 Å². The Kier molecular flexibility index (Phi) is 5.78. The lowest BCUT2D eigenvalue weighted by Crippen LogP contribution is -2.18. The quantitative estimate of drug-likeness (QED) is 0.215. The smallest absolute Gasteiger partial charge is 0.347 e. The van der Waals surface area contributed by atoms with E-state index in [0.717, 1.165) is 11.8 Å². The molecule has 6 nitrogen and oxygen atoms in total. The molecular weight excluding hydrogens is 346 g/mol. The Hall–Kier alpha value is -1.80. The number of benzene rings is 1. The van der Waals surface area contributed by atoms with Gasteiger partial charge in [-0.05, 0) is 12.1 Å². The standard InChI is InChI=1S/C12H11N3O3S.BrH/c13-12(15-14)19-6-9(16)8-5-7-3-1-2-4-10(7)18-11(8)17;/h1-5H,6,14H2,(H2,13,15);1H. The zero-order valence-corrected chi connectivity index (χ0v) is 12.8. The largest absolute Gasteiger partial charge is 0.422 e. The molecule has 106 valence electrons. The lowest BCUT2D eigenvalue weighted by molar-refractivity contribution is 0.101. The van der Waals surface area contributed by atoms with Gasteiger partial charge in [0.05, 0.1) is 5.75 Å². The summed E-state index contributed by atoms with van der Waals surface area (Å²) in [6.45, 7) is 0. The van der Waals surface area contributed by atoms with E-state index >= 15 is 0 Å². The van der Waals surface area contributed by atoms with Gasteiger partial charge in [-0.3, -0.25) is 4.79 Å². The van der Waals surface area contributed by atoms with Crippen molar-refractivity contribution in [3.63, 3.8) is 0 Å². The van der Waals surface area contributed by atoms with Crippen molar-refractivity contribution in [3.8, 4) is 0 Å². The van der Waals surface area contributed by atoms with E-state index in [1.807, 2.05) is 0 Å². The van der Waals surface area contributed by atoms with Crippen molar-refractivity contribution in [1.29, 1.82) is 0 Å². The first kappa shape index (κ1) is 16.3. The molecule has 0 saturated carbocycles. The van der Waals surface area contributed by atoms with Gasteiger partial charge < -0.3 is 16.0 Å². The number of hydrazone groups is 1. The molecule has 2 aromatic rings. The molecule has 2 rings (SSSR count). The predicted octanol–water partition coefficient (Wildman–Crippen LogP) is 1.48. The zero-order valence-electron chi connectivity index (χ0n) is 10.2. The Balaban J connectivity index is 0.00000200. The lowest BCUT2D eigenvalue weighted by atomic mass is 10.1. The number of thioether (sulfide) groups is 1. The number of carbonyl (C=O) groups excluding carboxylic acids is 1. The molecule has 4 N–H and O–H groups in total. The van der Waals surface area contributed by atoms with Crippen molar-refractivity contribution >= 4 is 50.7 Å². The van der Waals surface area contributed by atoms with E-state index in [2.05, 4.69) is 5.10 Å². The topological polar surface area (TPSA) is 112 Å². The Labute approximate surface area is 129 Å². The summed E-state index contributed by atoms with van der Waals surface area (Å²) in [7, 11) is 0. The Morgan fingerprint density at radius 2 is 2.05 bits per heavy atom. The van der Waals surface area contributed by atoms with E-state index in [-0.39, 0.29) is 39.2 Å². The van der Waals surface area contributed by atoms with Crippen LogP contribution in [0.4, 0.5) is 0 Å². The van der Waals surface area contributed by atoms with Crippen LogP contribution in [0.1, 0.15) is 10.4 Å². The molecule has 8 heteroatoms. The van der Waals surface area contributed by atoms with E-state index in [1.165, 1.54) is 6.07 Å². The first-order chi connectivity index (χ1) is 9.11. The molecule has 0 amide bonds. The monoisotopic (exact) mass is 357 g/mol. The summed E-state index contributed by atoms with van der Waals surface area (Å²) in [5.74, 6) is 4.55. The first-order valence-electron chi connectivity index (χ1n) is 5.34. The van der Waals surface area contributed by atoms with Crippen molar-refractivity contribution in [2.75, 3.05) is 5.75 Å². The van der Waals surface area contributed by atoms with Crippen LogP contribution >= 0.6 is 28.7 Å². The highest BCUT2D eigenvalue weighted by Crippen LogP contribution is 2.14. The number of amidine groups is 1. The Morgan fingerprint density at radius 3 is 2.75 bits per heavy atom. The third-order valence-electron chi connectivity index (χ3n) is 2.42. The Morgan fingerprint density at radius 1 is 1.35 bits per heavy atom. The van der Waals surface area contributed by atoms with E-state index in [0.29, 0.717) is 11.0 Å². The summed E-state index contributed by atoms with van der Waals surface area (Å²) in [4.78, 5) is 23.6. The summed E-state index contributed by atoms with van der Waals surface area (Å²) < 4.78 is 5.08. The number of Topliss-reactive ketones (excluding diaryl/α,β-unsaturated/α-hetero) is 1. The second-order valence-corrected chi connectivity index (χ2v) is 4.66. The van der Waals surface area contributed by atoms with Crippen LogP contribution in [-0.2, 0) is 0 Å². The fraction of sp³-hybridized carbons (Fsp3) is 0.0833. The molecule has 0 unspecified atom stereocenters. The number of para-hydroxylation sites is 1. The van der Waals surface area contributed by atoms with Crippen LogP contribution in [0.2, 0.25) is 0 Å². The number of hydrogen-bond donors (Lipinski definition) is 2. The highest BCUT2D eigenvalue weighted by molar-refractivity contribution is 8.93. The van der Waals surface area contributed by atoms with Crippen LogP contribution in [0.3, 0.4) is 0 Å². The molecule has 0 fully saturated rings. The SMILES string of the molecule is Br.N/N=C(\N)SCC(=O)c1cc2ccccc2oc1=O. The molecule has 1 heterocycles. The summed E-state index contributed by atoms with van der Waals surface area (Å²) in [6, 6.07) is 8.49. The van der Waals surface area contributed by atoms with Crippen LogP contribution in [0.15, 0.2) is 44.6 Å². The second kappa shape index (κ2) is 7.11. The minimum Gasteiger partial charge on any atom is -0.422 e. The summed E-state index contributed by atoms with van der Waals surface area (Å²) in [5, 5.41) is 4.00. The van der Waals surface area contributed by atoms with Crippen LogP contribution in [0.25, 0.3) is 11.0 Å². The second-order valence-electron chi connectivity index (χ2n) is 3.66. The van der Waals surface area contributed by atoms with Gasteiger partial charge in [0.1, 0.15) is 11.1 Å². The zero-order chi connectivity index (χ0) is 13.8. The number of hydrogen-bond acceptors (Lipinski definition) is 6. The van der Waals surface area contributed by atoms with E-state index < -0.39 is 5.63 Å². The molecule has 0 bridgehead atoms. The number of fused-ring (bicyclic) bond motifs is 1. The molecular formula is C12H12BrN3O3S. The van der Waals surface area contributed by atoms with Gasteiger partial charge >= 0.3 is 5.63 Å². The third kappa shape index (κ3) is 3.61. The molecule has 0 atom stereocenters. The van der Waals surface area contributed by atoms with Gasteiger partial charge in [-0.1, -0.05) is 30.0 Å². The molecule has 1 aromatic carbocycles. The molecule has 1 aromatic heterocycles. The molecule has 0 saturated heterocycles. The van der Waals surface area contributed by atoms with Gasteiger partial charge in [-0.15, -0.1) is 17.0 Å². The van der Waals surface area contributed by atoms with Crippen molar-refractivity contribution in [3.05, 3.63) is 46.3 Å². The minimum atomic E-state index is -0.660. The predicted molar refractivity (Wildman–Crippen MR) is 85.4 cm³/mol. The average molecular weight is 358 g/mol. The molecule has 20 heavy (non-hydrogen) atoms. The number of rotatable bonds is 3. The van der Waals surface area contributed by atoms with Gasteiger partial charge in [0.15, 0.2) is 11.0 Å². The number of nitrogens with two attached hydrogens (primary N) is 2. The highest BCUT2D eigenvalue weighted by atomic mass is 79.9. The maximum absolute atomic E-state index is 11.9. The highest BCUT2D eigenvalue weighted by Gasteiger charge is 2.14. The van der Waals surface area contributed by atoms with Crippen molar-refractivity contribution in [2.45, 2.75) is 0 Å². The number of carbonyl (C=O) groups is 1. The summed E-state index contributed by atoms with van der Waals surface area (Å²) in [6.07, 6.45) is 0. The number of nitrogens with zero attached hydrogens (tertiary/aromatic N) is 1. The average Bonchev–Trinajstić information content (AvgIpc) is 2.43. The van der Waals surface area contributed by atoms with E-state index in [1.54, 1.807) is 24.3 Å². The molecule has 0 aliphatic carbocycles. The van der Waals surface area contributed by atoms with Crippen molar-refractivity contribution in [2.24, 2.45) is 16.7 Å². The minimum absolute atomic E-state index is 0. The van der Waals surface area contributed by atoms with Gasteiger partial charge in [0.2, 0.25) is 0 Å². The fourth-order valence-corrected chi connectivity index (χ4v) is 2.02. The van der Waals surface area contributed by atoms with E-state index in [4.69, 9.17) is 16.0 Å². The molecule has 0 aliphatic rings. The summed E-state index contributed by atoms with van der Waals surface area (Å²) in [5.41, 5.74) is 5.14. The summed E-state index contributed by atoms with van der Waals surface area (Å²) >= 11 is 0.966. The van der Waals surface area contributed by atoms with Gasteiger partial charge in [0.25, 0.3) is 0 Å². The van der Waals surface area contributed by atoms with Crippen LogP contribution in [0, 0.1) is 0 Å². The molecule has 0 radical (unpaired) electrons. The van der Waals surface area contributed by atoms with Gasteiger partial charge in [-0.2, -0.15) is 5.10 Å². The third-order valence-corrected chi connectivity index (χ3v) is 3.23. The van der Waals surface area contributed by atoms with Crippen LogP contribution < -0.4 is 17.2 Å². The Bertz CT molecular complexity index is 714. The first-order valence-corrected chi connectivity index (χ1v) is 6.32.